The summed E-state index contributed by atoms with van der Waals surface area (Å²) in [4.78, 5) is 10.1. The molecule has 0 saturated heterocycles. The van der Waals surface area contributed by atoms with E-state index in [1.54, 1.807) is 0 Å². The van der Waals surface area contributed by atoms with E-state index in [2.05, 4.69) is 10.8 Å². The maximum atomic E-state index is 13.0. The van der Waals surface area contributed by atoms with Gasteiger partial charge in [0.05, 0.1) is 11.8 Å². The van der Waals surface area contributed by atoms with Gasteiger partial charge in [-0.05, 0) is 0 Å². The van der Waals surface area contributed by atoms with Crippen LogP contribution in [0.25, 0.3) is 0 Å². The number of amides is 2. The van der Waals surface area contributed by atoms with Gasteiger partial charge in [-0.25, -0.2) is 32.2 Å². The molecule has 2 amide bonds. The number of hydrogen-bond acceptors (Lipinski definition) is 2. The average Bonchev–Trinajstić information content (AvgIpc) is 2.28. The number of carbonyl (C=O) groups is 1. The van der Waals surface area contributed by atoms with Crippen molar-refractivity contribution >= 4 is 12.2 Å². The zero-order chi connectivity index (χ0) is 13.2. The summed E-state index contributed by atoms with van der Waals surface area (Å²) in [5.74, 6) is -10.6. The van der Waals surface area contributed by atoms with E-state index in [-0.39, 0.29) is 6.21 Å². The van der Waals surface area contributed by atoms with Crippen molar-refractivity contribution in [1.29, 1.82) is 0 Å². The van der Waals surface area contributed by atoms with Crippen LogP contribution in [0.2, 0.25) is 0 Å². The molecule has 0 aliphatic rings. The molecule has 0 radical (unpaired) electrons. The molecule has 0 fully saturated rings. The van der Waals surface area contributed by atoms with E-state index in [0.29, 0.717) is 0 Å². The monoisotopic (exact) mass is 253 g/mol. The minimum absolute atomic E-state index is 0.251. The largest absolute Gasteiger partial charge is 0.350 e. The molecule has 0 heterocycles. The van der Waals surface area contributed by atoms with Crippen LogP contribution in [0.15, 0.2) is 5.10 Å². The third-order valence-corrected chi connectivity index (χ3v) is 1.61. The van der Waals surface area contributed by atoms with Gasteiger partial charge in [0.25, 0.3) is 0 Å². The van der Waals surface area contributed by atoms with E-state index in [1.165, 1.54) is 5.43 Å². The summed E-state index contributed by atoms with van der Waals surface area (Å²) in [5, 5.41) is 2.89. The standard InChI is InChI=1S/C8H4F5N3O/c9-3-2(1-15-16-8(14)17)4(10)6(12)7(13)5(3)11/h1H,(H3,14,16,17)/b15-1-. The molecule has 0 spiro atoms. The van der Waals surface area contributed by atoms with Gasteiger partial charge in [0.1, 0.15) is 0 Å². The van der Waals surface area contributed by atoms with Crippen molar-refractivity contribution in [3.8, 4) is 0 Å². The number of nitrogens with one attached hydrogen (secondary N) is 1. The first-order chi connectivity index (χ1) is 7.86. The molecule has 1 aromatic rings. The Bertz CT molecular complexity index is 473. The van der Waals surface area contributed by atoms with Crippen molar-refractivity contribution in [1.82, 2.24) is 5.43 Å². The van der Waals surface area contributed by atoms with E-state index in [0.717, 1.165) is 0 Å². The third kappa shape index (κ3) is 2.49. The van der Waals surface area contributed by atoms with Gasteiger partial charge < -0.3 is 5.73 Å². The summed E-state index contributed by atoms with van der Waals surface area (Å²) >= 11 is 0. The molecule has 1 rings (SSSR count). The lowest BCUT2D eigenvalue weighted by atomic mass is 10.2. The van der Waals surface area contributed by atoms with E-state index >= 15 is 0 Å². The van der Waals surface area contributed by atoms with Gasteiger partial charge in [-0.2, -0.15) is 5.10 Å². The van der Waals surface area contributed by atoms with Gasteiger partial charge in [-0.3, -0.25) is 0 Å². The lowest BCUT2D eigenvalue weighted by Gasteiger charge is -2.03. The number of nitrogens with zero attached hydrogens (tertiary/aromatic N) is 1. The van der Waals surface area contributed by atoms with Crippen LogP contribution in [0, 0.1) is 29.1 Å². The lowest BCUT2D eigenvalue weighted by Crippen LogP contribution is -2.24. The van der Waals surface area contributed by atoms with E-state index in [9.17, 15) is 26.7 Å². The topological polar surface area (TPSA) is 67.5 Å². The summed E-state index contributed by atoms with van der Waals surface area (Å²) in [7, 11) is 0. The predicted octanol–water partition coefficient (Wildman–Crippen LogP) is 1.38. The van der Waals surface area contributed by atoms with Crippen molar-refractivity contribution in [2.24, 2.45) is 10.8 Å². The number of rotatable bonds is 2. The number of carbonyl (C=O) groups excluding carboxylic acids is 1. The molecule has 0 unspecified atom stereocenters. The molecule has 1 aromatic carbocycles. The lowest BCUT2D eigenvalue weighted by molar-refractivity contribution is 0.249. The molecule has 3 N–H and O–H groups in total. The second-order valence-corrected chi connectivity index (χ2v) is 2.72. The third-order valence-electron chi connectivity index (χ3n) is 1.61. The SMILES string of the molecule is NC(=O)N/N=C\c1c(F)c(F)c(F)c(F)c1F. The maximum absolute atomic E-state index is 13.0. The fraction of sp³-hybridized carbons (Fsp3) is 0. The Morgan fingerprint density at radius 2 is 1.41 bits per heavy atom. The highest BCUT2D eigenvalue weighted by Gasteiger charge is 2.24. The molecule has 0 atom stereocenters. The summed E-state index contributed by atoms with van der Waals surface area (Å²) in [6.45, 7) is 0. The highest BCUT2D eigenvalue weighted by atomic mass is 19.2. The van der Waals surface area contributed by atoms with Gasteiger partial charge in [0, 0.05) is 0 Å². The number of primary amides is 1. The fourth-order valence-electron chi connectivity index (χ4n) is 0.896. The number of hydrogen-bond donors (Lipinski definition) is 2. The molecule has 17 heavy (non-hydrogen) atoms. The molecule has 0 aliphatic heterocycles. The van der Waals surface area contributed by atoms with Crippen molar-refractivity contribution in [2.45, 2.75) is 0 Å². The maximum Gasteiger partial charge on any atom is 0.332 e. The Morgan fingerprint density at radius 3 is 1.82 bits per heavy atom. The van der Waals surface area contributed by atoms with Crippen molar-refractivity contribution in [3.05, 3.63) is 34.6 Å². The van der Waals surface area contributed by atoms with Gasteiger partial charge in [-0.1, -0.05) is 0 Å². The molecule has 0 aromatic heterocycles. The van der Waals surface area contributed by atoms with Crippen LogP contribution in [0.5, 0.6) is 0 Å². The Labute approximate surface area is 90.9 Å². The minimum atomic E-state index is -2.28. The van der Waals surface area contributed by atoms with E-state index in [1.807, 2.05) is 0 Å². The summed E-state index contributed by atoms with van der Waals surface area (Å²) < 4.78 is 63.8. The van der Waals surface area contributed by atoms with Crippen molar-refractivity contribution < 1.29 is 26.7 Å². The average molecular weight is 253 g/mol. The van der Waals surface area contributed by atoms with Gasteiger partial charge in [-0.15, -0.1) is 0 Å². The highest BCUT2D eigenvalue weighted by molar-refractivity contribution is 5.82. The zero-order valence-corrected chi connectivity index (χ0v) is 7.90. The number of nitrogens with two attached hydrogens (primary N) is 1. The van der Waals surface area contributed by atoms with Gasteiger partial charge in [0.2, 0.25) is 5.82 Å². The number of benzene rings is 1. The molecule has 92 valence electrons. The first-order valence-electron chi connectivity index (χ1n) is 3.96. The summed E-state index contributed by atoms with van der Waals surface area (Å²) in [5.41, 5.74) is 4.81. The van der Waals surface area contributed by atoms with Crippen LogP contribution in [-0.4, -0.2) is 12.2 Å². The van der Waals surface area contributed by atoms with Crippen molar-refractivity contribution in [2.75, 3.05) is 0 Å². The molecule has 9 heteroatoms. The Morgan fingerprint density at radius 1 is 1.00 bits per heavy atom. The quantitative estimate of drug-likeness (QED) is 0.270. The molecule has 0 bridgehead atoms. The second-order valence-electron chi connectivity index (χ2n) is 2.72. The van der Waals surface area contributed by atoms with E-state index in [4.69, 9.17) is 0 Å². The van der Waals surface area contributed by atoms with Crippen LogP contribution < -0.4 is 11.2 Å². The van der Waals surface area contributed by atoms with Gasteiger partial charge >= 0.3 is 6.03 Å². The Kier molecular flexibility index (Phi) is 3.61. The van der Waals surface area contributed by atoms with Crippen LogP contribution in [0.3, 0.4) is 0 Å². The van der Waals surface area contributed by atoms with Crippen LogP contribution in [-0.2, 0) is 0 Å². The molecular weight excluding hydrogens is 249 g/mol. The number of hydrazone groups is 1. The number of urea groups is 1. The Hall–Kier alpha value is -2.19. The minimum Gasteiger partial charge on any atom is -0.350 e. The summed E-state index contributed by atoms with van der Waals surface area (Å²) in [6.07, 6.45) is 0.251. The molecule has 0 aliphatic carbocycles. The predicted molar refractivity (Wildman–Crippen MR) is 46.5 cm³/mol. The normalized spacial score (nSPS) is 10.9. The van der Waals surface area contributed by atoms with Crippen molar-refractivity contribution in [3.63, 3.8) is 0 Å². The molecule has 0 saturated carbocycles. The zero-order valence-electron chi connectivity index (χ0n) is 7.90. The van der Waals surface area contributed by atoms with E-state index < -0.39 is 40.7 Å². The summed E-state index contributed by atoms with van der Waals surface area (Å²) in [6, 6.07) is -1.16. The van der Waals surface area contributed by atoms with Crippen LogP contribution in [0.4, 0.5) is 26.7 Å². The number of halogens is 5. The van der Waals surface area contributed by atoms with Gasteiger partial charge in [0.15, 0.2) is 23.3 Å². The smallest absolute Gasteiger partial charge is 0.332 e. The second kappa shape index (κ2) is 4.76. The molecule has 4 nitrogen and oxygen atoms in total. The highest BCUT2D eigenvalue weighted by Crippen LogP contribution is 2.21. The fourth-order valence-corrected chi connectivity index (χ4v) is 0.896. The first kappa shape index (κ1) is 12.9. The first-order valence-corrected chi connectivity index (χ1v) is 3.96. The van der Waals surface area contributed by atoms with Crippen LogP contribution in [0.1, 0.15) is 5.56 Å². The Balaban J connectivity index is 3.25. The molecular formula is C8H4F5N3O. The van der Waals surface area contributed by atoms with Crippen LogP contribution >= 0.6 is 0 Å².